The maximum Gasteiger partial charge on any atom is 0.0724 e. The Hall–Kier alpha value is -0.380. The lowest BCUT2D eigenvalue weighted by Crippen LogP contribution is -1.96. The molecule has 0 saturated heterocycles. The van der Waals surface area contributed by atoms with Gasteiger partial charge in [-0.15, -0.1) is 0 Å². The van der Waals surface area contributed by atoms with Crippen molar-refractivity contribution in [1.82, 2.24) is 0 Å². The Kier molecular flexibility index (Phi) is 4.19. The summed E-state index contributed by atoms with van der Waals surface area (Å²) in [5, 5.41) is 12.5. The Labute approximate surface area is 70.4 Å². The van der Waals surface area contributed by atoms with E-state index in [1.54, 1.807) is 11.3 Å². The van der Waals surface area contributed by atoms with Gasteiger partial charge in [-0.05, 0) is 28.8 Å². The minimum absolute atomic E-state index is 0.212. The van der Waals surface area contributed by atoms with Gasteiger partial charge in [0.2, 0.25) is 0 Å². The topological polar surface area (TPSA) is 29.5 Å². The monoisotopic (exact) mass is 172 g/mol. The molecule has 0 aliphatic carbocycles. The molecule has 3 heteroatoms. The van der Waals surface area contributed by atoms with Crippen LogP contribution < -0.4 is 0 Å². The van der Waals surface area contributed by atoms with Crippen LogP contribution in [-0.2, 0) is 11.3 Å². The van der Waals surface area contributed by atoms with E-state index < -0.39 is 0 Å². The highest BCUT2D eigenvalue weighted by molar-refractivity contribution is 7.07. The lowest BCUT2D eigenvalue weighted by atomic mass is 10.4. The Morgan fingerprint density at radius 1 is 1.55 bits per heavy atom. The number of hydrogen-bond donors (Lipinski definition) is 1. The smallest absolute Gasteiger partial charge is 0.0724 e. The highest BCUT2D eigenvalue weighted by Gasteiger charge is 1.91. The first-order chi connectivity index (χ1) is 5.43. The molecule has 1 aromatic heterocycles. The van der Waals surface area contributed by atoms with Crippen LogP contribution in [-0.4, -0.2) is 18.3 Å². The maximum absolute atomic E-state index is 8.45. The molecule has 0 bridgehead atoms. The van der Waals surface area contributed by atoms with Gasteiger partial charge in [0, 0.05) is 13.2 Å². The molecule has 1 N–H and O–H groups in total. The minimum Gasteiger partial charge on any atom is -0.396 e. The standard InChI is InChI=1S/C8H12O2S/c9-3-1-4-10-6-8-2-5-11-7-8/h2,5,7,9H,1,3-4,6H2. The van der Waals surface area contributed by atoms with E-state index in [0.717, 1.165) is 6.42 Å². The fourth-order valence-corrected chi connectivity index (χ4v) is 1.38. The largest absolute Gasteiger partial charge is 0.396 e. The molecule has 0 aliphatic rings. The van der Waals surface area contributed by atoms with Crippen molar-refractivity contribution in [1.29, 1.82) is 0 Å². The molecule has 0 spiro atoms. The normalized spacial score (nSPS) is 10.3. The van der Waals surface area contributed by atoms with E-state index in [1.165, 1.54) is 5.56 Å². The summed E-state index contributed by atoms with van der Waals surface area (Å²) < 4.78 is 5.27. The van der Waals surface area contributed by atoms with Crippen LogP contribution in [0.2, 0.25) is 0 Å². The molecule has 0 unspecified atom stereocenters. The van der Waals surface area contributed by atoms with Crippen molar-refractivity contribution >= 4 is 11.3 Å². The van der Waals surface area contributed by atoms with Crippen LogP contribution in [0.4, 0.5) is 0 Å². The Balaban J connectivity index is 2.04. The molecule has 0 fully saturated rings. The van der Waals surface area contributed by atoms with Gasteiger partial charge in [0.05, 0.1) is 6.61 Å². The van der Waals surface area contributed by atoms with Crippen molar-refractivity contribution in [2.75, 3.05) is 13.2 Å². The average molecular weight is 172 g/mol. The number of aliphatic hydroxyl groups excluding tert-OH is 1. The zero-order chi connectivity index (χ0) is 7.94. The summed E-state index contributed by atoms with van der Waals surface area (Å²) >= 11 is 1.67. The highest BCUT2D eigenvalue weighted by atomic mass is 32.1. The quantitative estimate of drug-likeness (QED) is 0.684. The zero-order valence-corrected chi connectivity index (χ0v) is 7.14. The Morgan fingerprint density at radius 2 is 2.45 bits per heavy atom. The first kappa shape index (κ1) is 8.71. The Morgan fingerprint density at radius 3 is 3.09 bits per heavy atom. The predicted molar refractivity (Wildman–Crippen MR) is 45.7 cm³/mol. The summed E-state index contributed by atoms with van der Waals surface area (Å²) in [6.45, 7) is 1.53. The second kappa shape index (κ2) is 5.29. The van der Waals surface area contributed by atoms with Crippen LogP contribution in [0.1, 0.15) is 12.0 Å². The van der Waals surface area contributed by atoms with Gasteiger partial charge in [-0.25, -0.2) is 0 Å². The number of hydrogen-bond acceptors (Lipinski definition) is 3. The van der Waals surface area contributed by atoms with E-state index in [1.807, 2.05) is 11.4 Å². The van der Waals surface area contributed by atoms with Gasteiger partial charge < -0.3 is 9.84 Å². The van der Waals surface area contributed by atoms with E-state index in [9.17, 15) is 0 Å². The molecule has 0 aromatic carbocycles. The third-order valence-corrected chi connectivity index (χ3v) is 2.03. The van der Waals surface area contributed by atoms with E-state index in [2.05, 4.69) is 5.38 Å². The number of ether oxygens (including phenoxy) is 1. The van der Waals surface area contributed by atoms with Gasteiger partial charge in [-0.2, -0.15) is 11.3 Å². The highest BCUT2D eigenvalue weighted by Crippen LogP contribution is 2.06. The van der Waals surface area contributed by atoms with Crippen molar-refractivity contribution in [3.63, 3.8) is 0 Å². The van der Waals surface area contributed by atoms with E-state index >= 15 is 0 Å². The fourth-order valence-electron chi connectivity index (χ4n) is 0.731. The molecular formula is C8H12O2S. The Bertz CT molecular complexity index is 172. The zero-order valence-electron chi connectivity index (χ0n) is 6.32. The van der Waals surface area contributed by atoms with Gasteiger partial charge in [-0.1, -0.05) is 0 Å². The van der Waals surface area contributed by atoms with Gasteiger partial charge in [0.15, 0.2) is 0 Å². The van der Waals surface area contributed by atoms with E-state index in [-0.39, 0.29) is 6.61 Å². The van der Waals surface area contributed by atoms with Crippen molar-refractivity contribution in [3.8, 4) is 0 Å². The van der Waals surface area contributed by atoms with Gasteiger partial charge in [0.25, 0.3) is 0 Å². The molecule has 62 valence electrons. The third kappa shape index (κ3) is 3.51. The second-order valence-electron chi connectivity index (χ2n) is 2.26. The number of thiophene rings is 1. The summed E-state index contributed by atoms with van der Waals surface area (Å²) in [6.07, 6.45) is 0.726. The lowest BCUT2D eigenvalue weighted by Gasteiger charge is -1.99. The van der Waals surface area contributed by atoms with Crippen LogP contribution in [0, 0.1) is 0 Å². The van der Waals surface area contributed by atoms with Crippen LogP contribution in [0.25, 0.3) is 0 Å². The van der Waals surface area contributed by atoms with Crippen molar-refractivity contribution in [2.24, 2.45) is 0 Å². The molecule has 1 rings (SSSR count). The average Bonchev–Trinajstić information content (AvgIpc) is 2.50. The van der Waals surface area contributed by atoms with Crippen LogP contribution in [0.5, 0.6) is 0 Å². The van der Waals surface area contributed by atoms with Crippen molar-refractivity contribution in [3.05, 3.63) is 22.4 Å². The van der Waals surface area contributed by atoms with Gasteiger partial charge >= 0.3 is 0 Å². The van der Waals surface area contributed by atoms with Crippen LogP contribution >= 0.6 is 11.3 Å². The molecule has 11 heavy (non-hydrogen) atoms. The van der Waals surface area contributed by atoms with E-state index in [0.29, 0.717) is 13.2 Å². The molecular weight excluding hydrogens is 160 g/mol. The lowest BCUT2D eigenvalue weighted by molar-refractivity contribution is 0.104. The van der Waals surface area contributed by atoms with Crippen molar-refractivity contribution in [2.45, 2.75) is 13.0 Å². The summed E-state index contributed by atoms with van der Waals surface area (Å²) in [5.41, 5.74) is 1.22. The predicted octanol–water partition coefficient (Wildman–Crippen LogP) is 1.65. The third-order valence-electron chi connectivity index (χ3n) is 1.30. The molecule has 0 amide bonds. The van der Waals surface area contributed by atoms with Crippen LogP contribution in [0.15, 0.2) is 16.8 Å². The molecule has 0 radical (unpaired) electrons. The molecule has 1 heterocycles. The number of aliphatic hydroxyl groups is 1. The first-order valence-electron chi connectivity index (χ1n) is 3.63. The molecule has 0 atom stereocenters. The van der Waals surface area contributed by atoms with E-state index in [4.69, 9.17) is 9.84 Å². The molecule has 0 saturated carbocycles. The van der Waals surface area contributed by atoms with Crippen molar-refractivity contribution < 1.29 is 9.84 Å². The molecule has 0 aliphatic heterocycles. The van der Waals surface area contributed by atoms with Crippen LogP contribution in [0.3, 0.4) is 0 Å². The minimum atomic E-state index is 0.212. The molecule has 2 nitrogen and oxygen atoms in total. The second-order valence-corrected chi connectivity index (χ2v) is 3.04. The van der Waals surface area contributed by atoms with Gasteiger partial charge in [-0.3, -0.25) is 0 Å². The molecule has 1 aromatic rings. The summed E-state index contributed by atoms with van der Waals surface area (Å²) in [4.78, 5) is 0. The summed E-state index contributed by atoms with van der Waals surface area (Å²) in [5.74, 6) is 0. The number of rotatable bonds is 5. The first-order valence-corrected chi connectivity index (χ1v) is 4.57. The summed E-state index contributed by atoms with van der Waals surface area (Å²) in [7, 11) is 0. The SMILES string of the molecule is OCCCOCc1ccsc1. The maximum atomic E-state index is 8.45. The fraction of sp³-hybridized carbons (Fsp3) is 0.500. The van der Waals surface area contributed by atoms with Gasteiger partial charge in [0.1, 0.15) is 0 Å². The summed E-state index contributed by atoms with van der Waals surface area (Å²) in [6, 6.07) is 2.05.